The van der Waals surface area contributed by atoms with Gasteiger partial charge in [-0.05, 0) is 27.7 Å². The fourth-order valence-electron chi connectivity index (χ4n) is 2.17. The second kappa shape index (κ2) is 7.22. The van der Waals surface area contributed by atoms with E-state index in [1.54, 1.807) is 0 Å². The van der Waals surface area contributed by atoms with Crippen molar-refractivity contribution in [3.05, 3.63) is 0 Å². The quantitative estimate of drug-likeness (QED) is 0.648. The van der Waals surface area contributed by atoms with E-state index in [1.165, 1.54) is 0 Å². The summed E-state index contributed by atoms with van der Waals surface area (Å²) in [4.78, 5) is 2.36. The average Bonchev–Trinajstić information content (AvgIpc) is 2.16. The monoisotopic (exact) mass is 231 g/mol. The van der Waals surface area contributed by atoms with Gasteiger partial charge in [0, 0.05) is 32.8 Å². The lowest BCUT2D eigenvalue weighted by molar-refractivity contribution is -0.161. The van der Waals surface area contributed by atoms with Crippen molar-refractivity contribution < 1.29 is 14.2 Å². The molecule has 0 aliphatic carbocycles. The van der Waals surface area contributed by atoms with Gasteiger partial charge in [0.15, 0.2) is 6.29 Å². The van der Waals surface area contributed by atoms with E-state index in [2.05, 4.69) is 18.7 Å². The highest BCUT2D eigenvalue weighted by molar-refractivity contribution is 4.73. The first kappa shape index (κ1) is 13.9. The average molecular weight is 231 g/mol. The number of ether oxygens (including phenoxy) is 3. The van der Waals surface area contributed by atoms with Crippen molar-refractivity contribution >= 4 is 0 Å². The predicted octanol–water partition coefficient (Wildman–Crippen LogP) is 1.49. The smallest absolute Gasteiger partial charge is 0.170 e. The van der Waals surface area contributed by atoms with Gasteiger partial charge >= 0.3 is 0 Å². The summed E-state index contributed by atoms with van der Waals surface area (Å²) in [5.74, 6) is 0. The van der Waals surface area contributed by atoms with Gasteiger partial charge < -0.3 is 14.2 Å². The molecule has 1 aliphatic heterocycles. The molecule has 2 unspecified atom stereocenters. The highest BCUT2D eigenvalue weighted by Crippen LogP contribution is 2.12. The van der Waals surface area contributed by atoms with E-state index in [0.717, 1.165) is 19.6 Å². The van der Waals surface area contributed by atoms with E-state index in [4.69, 9.17) is 14.2 Å². The Kier molecular flexibility index (Phi) is 6.28. The summed E-state index contributed by atoms with van der Waals surface area (Å²) in [5, 5.41) is 0. The second-order valence-electron chi connectivity index (χ2n) is 4.32. The standard InChI is InChI=1S/C12H25NO3/c1-5-14-12(15-6-2)9-13-7-10(3)16-11(4)8-13/h10-12H,5-9H2,1-4H3. The van der Waals surface area contributed by atoms with Crippen LogP contribution in [0.25, 0.3) is 0 Å². The molecule has 0 aromatic carbocycles. The van der Waals surface area contributed by atoms with Gasteiger partial charge in [-0.1, -0.05) is 0 Å². The molecular weight excluding hydrogens is 206 g/mol. The molecule has 0 radical (unpaired) electrons. The van der Waals surface area contributed by atoms with Crippen molar-refractivity contribution in [2.75, 3.05) is 32.8 Å². The van der Waals surface area contributed by atoms with Crippen LogP contribution in [0.3, 0.4) is 0 Å². The lowest BCUT2D eigenvalue weighted by Gasteiger charge is -2.36. The molecule has 1 saturated heterocycles. The summed E-state index contributed by atoms with van der Waals surface area (Å²) in [6.45, 7) is 12.4. The molecule has 0 aromatic heterocycles. The Labute approximate surface area is 98.8 Å². The van der Waals surface area contributed by atoms with Crippen LogP contribution in [0.15, 0.2) is 0 Å². The third-order valence-corrected chi connectivity index (χ3v) is 2.61. The third-order valence-electron chi connectivity index (χ3n) is 2.61. The van der Waals surface area contributed by atoms with E-state index in [9.17, 15) is 0 Å². The Balaban J connectivity index is 2.37. The first-order chi connectivity index (χ1) is 7.65. The highest BCUT2D eigenvalue weighted by atomic mass is 16.7. The largest absolute Gasteiger partial charge is 0.373 e. The molecule has 1 heterocycles. The molecule has 1 aliphatic rings. The maximum Gasteiger partial charge on any atom is 0.170 e. The Morgan fingerprint density at radius 1 is 1.12 bits per heavy atom. The zero-order valence-corrected chi connectivity index (χ0v) is 10.9. The molecule has 2 atom stereocenters. The molecule has 16 heavy (non-hydrogen) atoms. The Bertz CT molecular complexity index is 173. The van der Waals surface area contributed by atoms with Crippen LogP contribution >= 0.6 is 0 Å². The number of morpholine rings is 1. The van der Waals surface area contributed by atoms with Crippen LogP contribution in [0.1, 0.15) is 27.7 Å². The Hall–Kier alpha value is -0.160. The Morgan fingerprint density at radius 2 is 1.62 bits per heavy atom. The summed E-state index contributed by atoms with van der Waals surface area (Å²) in [5.41, 5.74) is 0. The van der Waals surface area contributed by atoms with Crippen LogP contribution in [-0.4, -0.2) is 56.2 Å². The van der Waals surface area contributed by atoms with Crippen molar-refractivity contribution in [2.24, 2.45) is 0 Å². The molecule has 4 nitrogen and oxygen atoms in total. The highest BCUT2D eigenvalue weighted by Gasteiger charge is 2.24. The van der Waals surface area contributed by atoms with Crippen molar-refractivity contribution in [1.29, 1.82) is 0 Å². The zero-order chi connectivity index (χ0) is 12.0. The van der Waals surface area contributed by atoms with Crippen LogP contribution in [0.5, 0.6) is 0 Å². The van der Waals surface area contributed by atoms with Gasteiger partial charge in [0.05, 0.1) is 12.2 Å². The topological polar surface area (TPSA) is 30.9 Å². The molecule has 0 N–H and O–H groups in total. The number of rotatable bonds is 6. The summed E-state index contributed by atoms with van der Waals surface area (Å²) in [7, 11) is 0. The minimum absolute atomic E-state index is 0.104. The minimum Gasteiger partial charge on any atom is -0.373 e. The third kappa shape index (κ3) is 4.78. The molecule has 4 heteroatoms. The first-order valence-corrected chi connectivity index (χ1v) is 6.26. The first-order valence-electron chi connectivity index (χ1n) is 6.26. The molecular formula is C12H25NO3. The van der Waals surface area contributed by atoms with Gasteiger partial charge in [0.2, 0.25) is 0 Å². The van der Waals surface area contributed by atoms with E-state index in [-0.39, 0.29) is 6.29 Å². The zero-order valence-electron chi connectivity index (χ0n) is 10.9. The second-order valence-corrected chi connectivity index (χ2v) is 4.32. The lowest BCUT2D eigenvalue weighted by atomic mass is 10.2. The van der Waals surface area contributed by atoms with Gasteiger partial charge in [0.1, 0.15) is 0 Å². The molecule has 0 aromatic rings. The summed E-state index contributed by atoms with van der Waals surface area (Å²) >= 11 is 0. The lowest BCUT2D eigenvalue weighted by Crippen LogP contribution is -2.48. The molecule has 0 amide bonds. The number of hydrogen-bond donors (Lipinski definition) is 0. The molecule has 0 bridgehead atoms. The Morgan fingerprint density at radius 3 is 2.06 bits per heavy atom. The summed E-state index contributed by atoms with van der Waals surface area (Å²) < 4.78 is 16.8. The fraction of sp³-hybridized carbons (Fsp3) is 1.00. The van der Waals surface area contributed by atoms with Crippen molar-refractivity contribution in [3.8, 4) is 0 Å². The molecule has 96 valence electrons. The van der Waals surface area contributed by atoms with Gasteiger partial charge in [-0.2, -0.15) is 0 Å². The van der Waals surface area contributed by atoms with Crippen LogP contribution in [0.2, 0.25) is 0 Å². The van der Waals surface area contributed by atoms with E-state index in [0.29, 0.717) is 25.4 Å². The van der Waals surface area contributed by atoms with Crippen molar-refractivity contribution in [3.63, 3.8) is 0 Å². The minimum atomic E-state index is -0.104. The predicted molar refractivity (Wildman–Crippen MR) is 63.5 cm³/mol. The van der Waals surface area contributed by atoms with Crippen molar-refractivity contribution in [2.45, 2.75) is 46.2 Å². The van der Waals surface area contributed by atoms with Crippen LogP contribution in [0, 0.1) is 0 Å². The van der Waals surface area contributed by atoms with E-state index >= 15 is 0 Å². The van der Waals surface area contributed by atoms with Crippen LogP contribution < -0.4 is 0 Å². The van der Waals surface area contributed by atoms with Crippen LogP contribution in [0.4, 0.5) is 0 Å². The van der Waals surface area contributed by atoms with Crippen molar-refractivity contribution in [1.82, 2.24) is 4.90 Å². The van der Waals surface area contributed by atoms with E-state index < -0.39 is 0 Å². The summed E-state index contributed by atoms with van der Waals surface area (Å²) in [6, 6.07) is 0. The SMILES string of the molecule is CCOC(CN1CC(C)OC(C)C1)OCC. The fourth-order valence-corrected chi connectivity index (χ4v) is 2.17. The van der Waals surface area contributed by atoms with Crippen LogP contribution in [-0.2, 0) is 14.2 Å². The summed E-state index contributed by atoms with van der Waals surface area (Å²) in [6.07, 6.45) is 0.493. The molecule has 0 saturated carbocycles. The van der Waals surface area contributed by atoms with Gasteiger partial charge in [-0.15, -0.1) is 0 Å². The molecule has 1 rings (SSSR count). The van der Waals surface area contributed by atoms with Gasteiger partial charge in [-0.3, -0.25) is 4.90 Å². The molecule has 1 fully saturated rings. The maximum absolute atomic E-state index is 5.69. The number of nitrogens with zero attached hydrogens (tertiary/aromatic N) is 1. The van der Waals surface area contributed by atoms with Gasteiger partial charge in [0.25, 0.3) is 0 Å². The maximum atomic E-state index is 5.69. The van der Waals surface area contributed by atoms with Gasteiger partial charge in [-0.25, -0.2) is 0 Å². The van der Waals surface area contributed by atoms with E-state index in [1.807, 2.05) is 13.8 Å². The normalized spacial score (nSPS) is 27.6. The molecule has 0 spiro atoms. The number of hydrogen-bond acceptors (Lipinski definition) is 4.